The molecule has 0 saturated carbocycles. The summed E-state index contributed by atoms with van der Waals surface area (Å²) < 4.78 is 46.5. The number of carbonyl (C=O) groups excluding carboxylic acids is 1. The zero-order chi connectivity index (χ0) is 23.3. The fourth-order valence-corrected chi connectivity index (χ4v) is 4.90. The third kappa shape index (κ3) is 6.34. The SMILES string of the molecule is O=C(OC(CC(c1ccccc1)S(=O)(=O)O)Cn1cc(Br)nc1[N+](=O)[O-])C1CCCCO1. The molecule has 0 aliphatic carbocycles. The molecule has 2 aromatic rings. The molecule has 1 fully saturated rings. The highest BCUT2D eigenvalue weighted by atomic mass is 79.9. The monoisotopic (exact) mass is 531 g/mol. The summed E-state index contributed by atoms with van der Waals surface area (Å²) in [7, 11) is -4.58. The van der Waals surface area contributed by atoms with Crippen molar-refractivity contribution in [1.29, 1.82) is 0 Å². The van der Waals surface area contributed by atoms with Crippen LogP contribution in [0.1, 0.15) is 36.5 Å². The third-order valence-corrected chi connectivity index (χ3v) is 6.59. The van der Waals surface area contributed by atoms with E-state index in [1.807, 2.05) is 0 Å². The van der Waals surface area contributed by atoms with Gasteiger partial charge in [0.05, 0.1) is 0 Å². The first-order valence-corrected chi connectivity index (χ1v) is 12.1. The Labute approximate surface area is 192 Å². The molecule has 11 nitrogen and oxygen atoms in total. The van der Waals surface area contributed by atoms with E-state index in [0.717, 1.165) is 17.4 Å². The third-order valence-electron chi connectivity index (χ3n) is 5.02. The van der Waals surface area contributed by atoms with Crippen LogP contribution in [-0.2, 0) is 30.9 Å². The summed E-state index contributed by atoms with van der Waals surface area (Å²) in [5, 5.41) is 9.92. The molecule has 0 amide bonds. The van der Waals surface area contributed by atoms with Crippen LogP contribution in [0, 0.1) is 10.1 Å². The maximum absolute atomic E-state index is 12.7. The van der Waals surface area contributed by atoms with Gasteiger partial charge in [-0.05, 0) is 45.7 Å². The maximum atomic E-state index is 12.7. The molecule has 1 aliphatic heterocycles. The van der Waals surface area contributed by atoms with Gasteiger partial charge in [-0.1, -0.05) is 35.3 Å². The van der Waals surface area contributed by atoms with E-state index in [2.05, 4.69) is 20.9 Å². The Morgan fingerprint density at radius 3 is 2.69 bits per heavy atom. The predicted octanol–water partition coefficient (Wildman–Crippen LogP) is 3.05. The van der Waals surface area contributed by atoms with Gasteiger partial charge >= 0.3 is 11.9 Å². The van der Waals surface area contributed by atoms with Gasteiger partial charge in [0, 0.05) is 13.0 Å². The number of carbonyl (C=O) groups is 1. The van der Waals surface area contributed by atoms with Crippen molar-refractivity contribution in [2.45, 2.75) is 49.7 Å². The molecule has 3 atom stereocenters. The lowest BCUT2D eigenvalue weighted by atomic mass is 10.1. The highest BCUT2D eigenvalue weighted by Gasteiger charge is 2.34. The predicted molar refractivity (Wildman–Crippen MR) is 115 cm³/mol. The lowest BCUT2D eigenvalue weighted by Gasteiger charge is -2.26. The molecular formula is C19H22BrN3O8S. The fraction of sp³-hybridized carbons (Fsp3) is 0.474. The second-order valence-electron chi connectivity index (χ2n) is 7.34. The van der Waals surface area contributed by atoms with Crippen LogP contribution in [0.25, 0.3) is 0 Å². The van der Waals surface area contributed by atoms with Crippen LogP contribution in [0.15, 0.2) is 41.1 Å². The number of esters is 1. The molecule has 1 aromatic heterocycles. The highest BCUT2D eigenvalue weighted by molar-refractivity contribution is 9.10. The lowest BCUT2D eigenvalue weighted by molar-refractivity contribution is -0.397. The minimum absolute atomic E-state index is 0.194. The average molecular weight is 532 g/mol. The van der Waals surface area contributed by atoms with Gasteiger partial charge in [-0.2, -0.15) is 8.42 Å². The number of aromatic nitrogens is 2. The van der Waals surface area contributed by atoms with Gasteiger partial charge in [-0.25, -0.2) is 9.36 Å². The number of nitrogens with zero attached hydrogens (tertiary/aromatic N) is 3. The van der Waals surface area contributed by atoms with Crippen molar-refractivity contribution in [2.75, 3.05) is 6.61 Å². The van der Waals surface area contributed by atoms with Gasteiger partial charge in [0.1, 0.15) is 24.1 Å². The van der Waals surface area contributed by atoms with E-state index in [9.17, 15) is 27.9 Å². The van der Waals surface area contributed by atoms with Gasteiger partial charge in [0.2, 0.25) is 4.60 Å². The molecular weight excluding hydrogens is 510 g/mol. The topological polar surface area (TPSA) is 151 Å². The van der Waals surface area contributed by atoms with Crippen molar-refractivity contribution in [3.05, 3.63) is 56.8 Å². The number of nitro groups is 1. The Balaban J connectivity index is 1.90. The Morgan fingerprint density at radius 1 is 1.38 bits per heavy atom. The van der Waals surface area contributed by atoms with Gasteiger partial charge in [-0.15, -0.1) is 0 Å². The van der Waals surface area contributed by atoms with Crippen molar-refractivity contribution in [3.8, 4) is 0 Å². The van der Waals surface area contributed by atoms with Crippen LogP contribution in [-0.4, -0.2) is 52.2 Å². The van der Waals surface area contributed by atoms with E-state index in [0.29, 0.717) is 18.6 Å². The van der Waals surface area contributed by atoms with E-state index in [4.69, 9.17) is 9.47 Å². The molecule has 2 heterocycles. The minimum Gasteiger partial charge on any atom is -0.457 e. The molecule has 13 heteroatoms. The quantitative estimate of drug-likeness (QED) is 0.222. The molecule has 32 heavy (non-hydrogen) atoms. The van der Waals surface area contributed by atoms with Crippen LogP contribution in [0.4, 0.5) is 5.95 Å². The Hall–Kier alpha value is -2.35. The summed E-state index contributed by atoms with van der Waals surface area (Å²) in [5.74, 6) is -1.19. The molecule has 1 aliphatic rings. The molecule has 1 N–H and O–H groups in total. The Bertz CT molecular complexity index is 1050. The van der Waals surface area contributed by atoms with E-state index in [-0.39, 0.29) is 17.6 Å². The van der Waals surface area contributed by atoms with Gasteiger partial charge in [-0.3, -0.25) is 4.55 Å². The first-order valence-electron chi connectivity index (χ1n) is 9.85. The zero-order valence-corrected chi connectivity index (χ0v) is 19.3. The normalized spacial score (nSPS) is 18.6. The van der Waals surface area contributed by atoms with Crippen LogP contribution >= 0.6 is 15.9 Å². The number of halogens is 1. The molecule has 0 spiro atoms. The van der Waals surface area contributed by atoms with Crippen LogP contribution in [0.2, 0.25) is 0 Å². The molecule has 174 valence electrons. The second kappa shape index (κ2) is 10.5. The summed E-state index contributed by atoms with van der Waals surface area (Å²) in [6.07, 6.45) is 1.15. The Morgan fingerprint density at radius 2 is 2.09 bits per heavy atom. The van der Waals surface area contributed by atoms with E-state index >= 15 is 0 Å². The summed E-state index contributed by atoms with van der Waals surface area (Å²) in [4.78, 5) is 27.1. The Kier molecular flexibility index (Phi) is 7.98. The van der Waals surface area contributed by atoms with E-state index in [1.165, 1.54) is 18.3 Å². The van der Waals surface area contributed by atoms with Gasteiger partial charge < -0.3 is 19.6 Å². The minimum atomic E-state index is -4.58. The van der Waals surface area contributed by atoms with Crippen molar-refractivity contribution in [1.82, 2.24) is 9.55 Å². The van der Waals surface area contributed by atoms with Crippen molar-refractivity contribution in [2.24, 2.45) is 0 Å². The molecule has 1 saturated heterocycles. The highest BCUT2D eigenvalue weighted by Crippen LogP contribution is 2.30. The molecule has 3 rings (SSSR count). The van der Waals surface area contributed by atoms with E-state index in [1.54, 1.807) is 18.2 Å². The molecule has 0 bridgehead atoms. The van der Waals surface area contributed by atoms with Gasteiger partial charge in [0.15, 0.2) is 6.10 Å². The molecule has 3 unspecified atom stereocenters. The van der Waals surface area contributed by atoms with Crippen molar-refractivity contribution >= 4 is 38.0 Å². The standard InChI is InChI=1S/C19H22BrN3O8S/c20-17-12-22(19(21-17)23(25)26)11-14(31-18(24)15-8-4-5-9-30-15)10-16(32(27,28)29)13-6-2-1-3-7-13/h1-3,6-7,12,14-16H,4-5,8-11H2,(H,27,28,29). The van der Waals surface area contributed by atoms with Crippen molar-refractivity contribution < 1.29 is 32.2 Å². The van der Waals surface area contributed by atoms with Gasteiger partial charge in [0.25, 0.3) is 10.1 Å². The first kappa shape index (κ1) is 24.3. The summed E-state index contributed by atoms with van der Waals surface area (Å²) in [6.45, 7) is 0.161. The number of ether oxygens (including phenoxy) is 2. The number of imidazole rings is 1. The molecule has 1 aromatic carbocycles. The van der Waals surface area contributed by atoms with Crippen LogP contribution in [0.3, 0.4) is 0 Å². The molecule has 0 radical (unpaired) electrons. The fourth-order valence-electron chi connectivity index (χ4n) is 3.54. The maximum Gasteiger partial charge on any atom is 0.435 e. The summed E-state index contributed by atoms with van der Waals surface area (Å²) in [5.41, 5.74) is 0.297. The number of hydrogen-bond donors (Lipinski definition) is 1. The average Bonchev–Trinajstić information content (AvgIpc) is 3.12. The summed E-state index contributed by atoms with van der Waals surface area (Å²) >= 11 is 3.07. The van der Waals surface area contributed by atoms with Crippen LogP contribution in [0.5, 0.6) is 0 Å². The first-order chi connectivity index (χ1) is 15.1. The lowest BCUT2D eigenvalue weighted by Crippen LogP contribution is -2.35. The second-order valence-corrected chi connectivity index (χ2v) is 9.75. The number of hydrogen-bond acceptors (Lipinski definition) is 8. The smallest absolute Gasteiger partial charge is 0.435 e. The van der Waals surface area contributed by atoms with Crippen LogP contribution < -0.4 is 0 Å². The van der Waals surface area contributed by atoms with E-state index < -0.39 is 44.4 Å². The largest absolute Gasteiger partial charge is 0.457 e. The zero-order valence-electron chi connectivity index (χ0n) is 16.9. The number of rotatable bonds is 9. The summed E-state index contributed by atoms with van der Waals surface area (Å²) in [6, 6.07) is 7.97. The van der Waals surface area contributed by atoms with Crippen molar-refractivity contribution in [3.63, 3.8) is 0 Å². The number of benzene rings is 1.